The van der Waals surface area contributed by atoms with E-state index in [0.717, 1.165) is 16.9 Å². The number of carbonyl (C=O) groups is 2. The number of aryl methyl sites for hydroxylation is 2. The molecule has 23 heavy (non-hydrogen) atoms. The van der Waals surface area contributed by atoms with E-state index in [4.69, 9.17) is 9.47 Å². The predicted octanol–water partition coefficient (Wildman–Crippen LogP) is 2.48. The normalized spacial score (nSPS) is 16.8. The molecule has 0 N–H and O–H groups in total. The van der Waals surface area contributed by atoms with Crippen molar-refractivity contribution in [3.05, 3.63) is 29.3 Å². The number of likely N-dealkylation sites (tertiary alicyclic amines) is 1. The van der Waals surface area contributed by atoms with Crippen LogP contribution in [0.3, 0.4) is 0 Å². The molecule has 0 unspecified atom stereocenters. The van der Waals surface area contributed by atoms with Gasteiger partial charge in [0.1, 0.15) is 5.75 Å². The minimum absolute atomic E-state index is 0.0331. The highest BCUT2D eigenvalue weighted by Crippen LogP contribution is 2.23. The molecule has 1 saturated heterocycles. The maximum Gasteiger partial charge on any atom is 0.308 e. The Hall–Kier alpha value is -2.04. The third-order valence-corrected chi connectivity index (χ3v) is 4.34. The number of amides is 1. The molecule has 0 radical (unpaired) electrons. The number of nitrogens with zero attached hydrogens (tertiary/aromatic N) is 1. The molecular weight excluding hydrogens is 294 g/mol. The van der Waals surface area contributed by atoms with Crippen LogP contribution in [0.4, 0.5) is 0 Å². The van der Waals surface area contributed by atoms with E-state index in [9.17, 15) is 9.59 Å². The first kappa shape index (κ1) is 17.3. The van der Waals surface area contributed by atoms with Gasteiger partial charge in [0.15, 0.2) is 6.10 Å². The first-order valence-corrected chi connectivity index (χ1v) is 8.03. The molecule has 1 amide bonds. The van der Waals surface area contributed by atoms with Crippen molar-refractivity contribution in [3.8, 4) is 5.75 Å². The Morgan fingerprint density at radius 2 is 1.87 bits per heavy atom. The number of esters is 1. The molecule has 1 fully saturated rings. The van der Waals surface area contributed by atoms with E-state index < -0.39 is 6.10 Å². The number of piperidine rings is 1. The van der Waals surface area contributed by atoms with Crippen LogP contribution in [-0.2, 0) is 14.3 Å². The summed E-state index contributed by atoms with van der Waals surface area (Å²) in [6.45, 7) is 6.87. The van der Waals surface area contributed by atoms with Crippen molar-refractivity contribution in [1.82, 2.24) is 4.90 Å². The molecule has 1 atom stereocenters. The summed E-state index contributed by atoms with van der Waals surface area (Å²) >= 11 is 0. The zero-order chi connectivity index (χ0) is 17.0. The molecule has 5 nitrogen and oxygen atoms in total. The summed E-state index contributed by atoms with van der Waals surface area (Å²) < 4.78 is 10.6. The Morgan fingerprint density at radius 1 is 1.22 bits per heavy atom. The Balaban J connectivity index is 1.93. The Labute approximate surface area is 137 Å². The summed E-state index contributed by atoms with van der Waals surface area (Å²) in [5.41, 5.74) is 2.11. The van der Waals surface area contributed by atoms with Gasteiger partial charge >= 0.3 is 5.97 Å². The van der Waals surface area contributed by atoms with Crippen LogP contribution >= 0.6 is 0 Å². The first-order chi connectivity index (χ1) is 10.9. The van der Waals surface area contributed by atoms with E-state index >= 15 is 0 Å². The van der Waals surface area contributed by atoms with Crippen molar-refractivity contribution in [2.75, 3.05) is 20.2 Å². The summed E-state index contributed by atoms with van der Waals surface area (Å²) in [5, 5.41) is 0. The number of benzene rings is 1. The van der Waals surface area contributed by atoms with E-state index in [1.807, 2.05) is 32.0 Å². The van der Waals surface area contributed by atoms with Crippen molar-refractivity contribution in [2.24, 2.45) is 5.92 Å². The van der Waals surface area contributed by atoms with Crippen LogP contribution in [0.2, 0.25) is 0 Å². The molecule has 1 aromatic carbocycles. The van der Waals surface area contributed by atoms with Crippen molar-refractivity contribution >= 4 is 11.9 Å². The third-order valence-electron chi connectivity index (χ3n) is 4.34. The molecule has 5 heteroatoms. The smallest absolute Gasteiger partial charge is 0.308 e. The zero-order valence-electron chi connectivity index (χ0n) is 14.3. The molecule has 0 aromatic heterocycles. The summed E-state index contributed by atoms with van der Waals surface area (Å²) in [4.78, 5) is 25.8. The van der Waals surface area contributed by atoms with Crippen molar-refractivity contribution in [3.63, 3.8) is 0 Å². The summed E-state index contributed by atoms with van der Waals surface area (Å²) in [7, 11) is 1.40. The van der Waals surface area contributed by atoms with Gasteiger partial charge in [0.05, 0.1) is 13.0 Å². The van der Waals surface area contributed by atoms with Gasteiger partial charge < -0.3 is 14.4 Å². The van der Waals surface area contributed by atoms with Gasteiger partial charge in [-0.15, -0.1) is 0 Å². The standard InChI is InChI=1S/C18H25NO4/c1-12-5-6-13(2)16(11-12)23-14(3)17(20)19-9-7-15(8-10-19)18(21)22-4/h5-6,11,14-15H,7-10H2,1-4H3/t14-/m1/s1. The maximum atomic E-state index is 12.5. The van der Waals surface area contributed by atoms with Crippen LogP contribution in [-0.4, -0.2) is 43.1 Å². The molecule has 0 aliphatic carbocycles. The highest BCUT2D eigenvalue weighted by Gasteiger charge is 2.30. The second kappa shape index (κ2) is 7.49. The van der Waals surface area contributed by atoms with E-state index in [1.54, 1.807) is 11.8 Å². The largest absolute Gasteiger partial charge is 0.481 e. The van der Waals surface area contributed by atoms with Gasteiger partial charge in [0.2, 0.25) is 0 Å². The van der Waals surface area contributed by atoms with Gasteiger partial charge in [0, 0.05) is 13.1 Å². The maximum absolute atomic E-state index is 12.5. The fraction of sp³-hybridized carbons (Fsp3) is 0.556. The van der Waals surface area contributed by atoms with Crippen LogP contribution < -0.4 is 4.74 Å². The lowest BCUT2D eigenvalue weighted by Gasteiger charge is -2.32. The predicted molar refractivity (Wildman–Crippen MR) is 87.3 cm³/mol. The lowest BCUT2D eigenvalue weighted by Crippen LogP contribution is -2.45. The zero-order valence-corrected chi connectivity index (χ0v) is 14.3. The summed E-state index contributed by atoms with van der Waals surface area (Å²) in [5.74, 6) is 0.431. The number of ether oxygens (including phenoxy) is 2. The average molecular weight is 319 g/mol. The minimum Gasteiger partial charge on any atom is -0.481 e. The second-order valence-corrected chi connectivity index (χ2v) is 6.15. The van der Waals surface area contributed by atoms with Crippen LogP contribution in [0, 0.1) is 19.8 Å². The SMILES string of the molecule is COC(=O)C1CCN(C(=O)[C@@H](C)Oc2cc(C)ccc2C)CC1. The van der Waals surface area contributed by atoms with Crippen LogP contribution in [0.25, 0.3) is 0 Å². The molecule has 0 spiro atoms. The summed E-state index contributed by atoms with van der Waals surface area (Å²) in [6, 6.07) is 5.96. The van der Waals surface area contributed by atoms with Gasteiger partial charge in [-0.25, -0.2) is 0 Å². The monoisotopic (exact) mass is 319 g/mol. The van der Waals surface area contributed by atoms with Gasteiger partial charge in [0.25, 0.3) is 5.91 Å². The second-order valence-electron chi connectivity index (χ2n) is 6.15. The number of hydrogen-bond donors (Lipinski definition) is 0. The lowest BCUT2D eigenvalue weighted by molar-refractivity contribution is -0.150. The van der Waals surface area contributed by atoms with Gasteiger partial charge in [-0.1, -0.05) is 12.1 Å². The fourth-order valence-electron chi connectivity index (χ4n) is 2.83. The third kappa shape index (κ3) is 4.24. The lowest BCUT2D eigenvalue weighted by atomic mass is 9.97. The molecule has 1 aliphatic rings. The van der Waals surface area contributed by atoms with E-state index in [0.29, 0.717) is 25.9 Å². The van der Waals surface area contributed by atoms with E-state index in [1.165, 1.54) is 7.11 Å². The Kier molecular flexibility index (Phi) is 5.64. The molecule has 0 bridgehead atoms. The molecule has 2 rings (SSSR count). The molecule has 1 heterocycles. The molecule has 1 aliphatic heterocycles. The average Bonchev–Trinajstić information content (AvgIpc) is 2.56. The summed E-state index contributed by atoms with van der Waals surface area (Å²) in [6.07, 6.45) is 0.758. The Bertz CT molecular complexity index is 576. The van der Waals surface area contributed by atoms with Crippen molar-refractivity contribution in [2.45, 2.75) is 39.7 Å². The minimum atomic E-state index is -0.537. The molecule has 126 valence electrons. The highest BCUT2D eigenvalue weighted by atomic mass is 16.5. The topological polar surface area (TPSA) is 55.8 Å². The molecule has 1 aromatic rings. The number of methoxy groups -OCH3 is 1. The number of hydrogen-bond acceptors (Lipinski definition) is 4. The van der Waals surface area contributed by atoms with Crippen molar-refractivity contribution in [1.29, 1.82) is 0 Å². The Morgan fingerprint density at radius 3 is 2.48 bits per heavy atom. The van der Waals surface area contributed by atoms with E-state index in [-0.39, 0.29) is 17.8 Å². The molecule has 0 saturated carbocycles. The van der Waals surface area contributed by atoms with Crippen LogP contribution in [0.5, 0.6) is 5.75 Å². The van der Waals surface area contributed by atoms with E-state index in [2.05, 4.69) is 0 Å². The first-order valence-electron chi connectivity index (χ1n) is 8.03. The number of rotatable bonds is 4. The fourth-order valence-corrected chi connectivity index (χ4v) is 2.83. The van der Waals surface area contributed by atoms with Crippen LogP contribution in [0.15, 0.2) is 18.2 Å². The van der Waals surface area contributed by atoms with Gasteiger partial charge in [-0.3, -0.25) is 9.59 Å². The van der Waals surface area contributed by atoms with Crippen molar-refractivity contribution < 1.29 is 19.1 Å². The van der Waals surface area contributed by atoms with Gasteiger partial charge in [-0.2, -0.15) is 0 Å². The quantitative estimate of drug-likeness (QED) is 0.800. The number of carbonyl (C=O) groups excluding carboxylic acids is 2. The van der Waals surface area contributed by atoms with Crippen LogP contribution in [0.1, 0.15) is 30.9 Å². The highest BCUT2D eigenvalue weighted by molar-refractivity contribution is 5.81. The molecular formula is C18H25NO4. The van der Waals surface area contributed by atoms with Gasteiger partial charge in [-0.05, 0) is 50.8 Å².